The van der Waals surface area contributed by atoms with E-state index < -0.39 is 0 Å². The third-order valence-corrected chi connectivity index (χ3v) is 4.38. The Kier molecular flexibility index (Phi) is 7.06. The van der Waals surface area contributed by atoms with E-state index in [1.807, 2.05) is 40.1 Å². The maximum atomic E-state index is 5.48. The summed E-state index contributed by atoms with van der Waals surface area (Å²) in [6, 6.07) is 8.19. The van der Waals surface area contributed by atoms with Gasteiger partial charge in [-0.3, -0.25) is 4.99 Å². The highest BCUT2D eigenvalue weighted by molar-refractivity contribution is 7.09. The second-order valence-electron chi connectivity index (χ2n) is 5.51. The number of guanidine groups is 1. The van der Waals surface area contributed by atoms with E-state index in [4.69, 9.17) is 4.74 Å². The van der Waals surface area contributed by atoms with E-state index in [0.29, 0.717) is 6.61 Å². The number of aliphatic imine (C=N–C) groups is 1. The third-order valence-electron chi connectivity index (χ3n) is 3.56. The molecule has 0 fully saturated rings. The first-order valence-electron chi connectivity index (χ1n) is 8.17. The number of hydrogen-bond donors (Lipinski definition) is 1. The summed E-state index contributed by atoms with van der Waals surface area (Å²) in [6.45, 7) is 6.33. The minimum absolute atomic E-state index is 0.689. The van der Waals surface area contributed by atoms with Crippen LogP contribution in [-0.4, -0.2) is 43.1 Å². The second-order valence-corrected chi connectivity index (χ2v) is 6.58. The predicted molar refractivity (Wildman–Crippen MR) is 101 cm³/mol. The molecule has 130 valence electrons. The molecule has 0 unspecified atom stereocenters. The van der Waals surface area contributed by atoms with Crippen LogP contribution >= 0.6 is 11.3 Å². The number of nitrogens with zero attached hydrogens (tertiary/aromatic N) is 3. The van der Waals surface area contributed by atoms with Crippen LogP contribution in [0.25, 0.3) is 0 Å². The van der Waals surface area contributed by atoms with Gasteiger partial charge in [0, 0.05) is 39.0 Å². The first-order valence-corrected chi connectivity index (χ1v) is 9.05. The second kappa shape index (κ2) is 9.27. The van der Waals surface area contributed by atoms with E-state index in [1.165, 1.54) is 5.56 Å². The lowest BCUT2D eigenvalue weighted by Gasteiger charge is -2.22. The van der Waals surface area contributed by atoms with E-state index in [2.05, 4.69) is 37.7 Å². The van der Waals surface area contributed by atoms with Gasteiger partial charge in [0.25, 0.3) is 0 Å². The number of benzene rings is 1. The molecule has 5 nitrogen and oxygen atoms in total. The molecule has 6 heteroatoms. The maximum absolute atomic E-state index is 5.48. The van der Waals surface area contributed by atoms with Gasteiger partial charge in [-0.15, -0.1) is 11.3 Å². The summed E-state index contributed by atoms with van der Waals surface area (Å²) in [7, 11) is 3.85. The van der Waals surface area contributed by atoms with E-state index >= 15 is 0 Å². The summed E-state index contributed by atoms with van der Waals surface area (Å²) >= 11 is 1.69. The normalized spacial score (nSPS) is 11.4. The highest BCUT2D eigenvalue weighted by Crippen LogP contribution is 2.13. The number of ether oxygens (including phenoxy) is 1. The van der Waals surface area contributed by atoms with Crippen molar-refractivity contribution in [2.24, 2.45) is 4.99 Å². The van der Waals surface area contributed by atoms with Crippen molar-refractivity contribution in [3.05, 3.63) is 45.9 Å². The molecule has 0 spiro atoms. The predicted octanol–water partition coefficient (Wildman–Crippen LogP) is 3.10. The maximum Gasteiger partial charge on any atom is 0.193 e. The summed E-state index contributed by atoms with van der Waals surface area (Å²) in [5.74, 6) is 1.79. The van der Waals surface area contributed by atoms with Crippen LogP contribution in [0.5, 0.6) is 5.75 Å². The number of hydrogen-bond acceptors (Lipinski definition) is 4. The summed E-state index contributed by atoms with van der Waals surface area (Å²) in [5, 5.41) is 6.62. The molecule has 0 aliphatic carbocycles. The van der Waals surface area contributed by atoms with Crippen molar-refractivity contribution in [2.45, 2.75) is 26.8 Å². The zero-order valence-electron chi connectivity index (χ0n) is 14.9. The molecule has 1 heterocycles. The van der Waals surface area contributed by atoms with Crippen molar-refractivity contribution < 1.29 is 4.74 Å². The Morgan fingerprint density at radius 3 is 2.67 bits per heavy atom. The molecule has 0 aliphatic heterocycles. The average Bonchev–Trinajstić information content (AvgIpc) is 2.99. The molecule has 0 atom stereocenters. The van der Waals surface area contributed by atoms with Crippen LogP contribution in [0, 0.1) is 6.92 Å². The molecular formula is C18H26N4OS. The fourth-order valence-corrected chi connectivity index (χ4v) is 3.06. The Bertz CT molecular complexity index is 651. The molecule has 0 amide bonds. The molecule has 0 saturated carbocycles. The van der Waals surface area contributed by atoms with Crippen molar-refractivity contribution >= 4 is 17.3 Å². The standard InChI is InChI=1S/C18H26N4OS/c1-5-23-17-8-6-15(7-9-17)12-22(4)18(19-3)20-11-10-16-13-24-14(2)21-16/h6-9,13H,5,10-12H2,1-4H3,(H,19,20). The summed E-state index contributed by atoms with van der Waals surface area (Å²) < 4.78 is 5.48. The molecule has 0 saturated heterocycles. The zero-order chi connectivity index (χ0) is 17.4. The van der Waals surface area contributed by atoms with E-state index in [-0.39, 0.29) is 0 Å². The molecule has 0 bridgehead atoms. The Labute approximate surface area is 148 Å². The van der Waals surface area contributed by atoms with Crippen LogP contribution < -0.4 is 10.1 Å². The fourth-order valence-electron chi connectivity index (χ4n) is 2.42. The van der Waals surface area contributed by atoms with Gasteiger partial charge < -0.3 is 15.0 Å². The van der Waals surface area contributed by atoms with Gasteiger partial charge in [-0.25, -0.2) is 4.98 Å². The van der Waals surface area contributed by atoms with Gasteiger partial charge in [0.2, 0.25) is 0 Å². The van der Waals surface area contributed by atoms with Gasteiger partial charge in [-0.05, 0) is 31.5 Å². The smallest absolute Gasteiger partial charge is 0.193 e. The quantitative estimate of drug-likeness (QED) is 0.618. The molecular weight excluding hydrogens is 320 g/mol. The number of nitrogens with one attached hydrogen (secondary N) is 1. The van der Waals surface area contributed by atoms with Crippen LogP contribution in [0.2, 0.25) is 0 Å². The van der Waals surface area contributed by atoms with E-state index in [9.17, 15) is 0 Å². The van der Waals surface area contributed by atoms with Gasteiger partial charge in [-0.1, -0.05) is 12.1 Å². The largest absolute Gasteiger partial charge is 0.494 e. The first-order chi connectivity index (χ1) is 11.6. The van der Waals surface area contributed by atoms with Crippen molar-refractivity contribution in [2.75, 3.05) is 27.2 Å². The molecule has 1 aromatic carbocycles. The highest BCUT2D eigenvalue weighted by atomic mass is 32.1. The first kappa shape index (κ1) is 18.3. The molecule has 1 aromatic heterocycles. The van der Waals surface area contributed by atoms with E-state index in [0.717, 1.165) is 41.9 Å². The lowest BCUT2D eigenvalue weighted by Crippen LogP contribution is -2.39. The Balaban J connectivity index is 1.83. The van der Waals surface area contributed by atoms with Gasteiger partial charge >= 0.3 is 0 Å². The van der Waals surface area contributed by atoms with Crippen molar-refractivity contribution in [3.63, 3.8) is 0 Å². The summed E-state index contributed by atoms with van der Waals surface area (Å²) in [4.78, 5) is 11.0. The molecule has 0 aliphatic rings. The zero-order valence-corrected chi connectivity index (χ0v) is 15.7. The third kappa shape index (κ3) is 5.53. The van der Waals surface area contributed by atoms with Crippen molar-refractivity contribution in [3.8, 4) is 5.75 Å². The Morgan fingerprint density at radius 2 is 2.08 bits per heavy atom. The topological polar surface area (TPSA) is 49.8 Å². The van der Waals surface area contributed by atoms with E-state index in [1.54, 1.807) is 11.3 Å². The van der Waals surface area contributed by atoms with Crippen molar-refractivity contribution in [1.29, 1.82) is 0 Å². The fraction of sp³-hybridized carbons (Fsp3) is 0.444. The Morgan fingerprint density at radius 1 is 1.33 bits per heavy atom. The lowest BCUT2D eigenvalue weighted by atomic mass is 10.2. The average molecular weight is 347 g/mol. The summed E-state index contributed by atoms with van der Waals surface area (Å²) in [6.07, 6.45) is 0.903. The molecule has 0 radical (unpaired) electrons. The van der Waals surface area contributed by atoms with Gasteiger partial charge in [0.15, 0.2) is 5.96 Å². The number of aromatic nitrogens is 1. The number of aryl methyl sites for hydroxylation is 1. The number of rotatable bonds is 7. The SMILES string of the molecule is CCOc1ccc(CN(C)C(=NC)NCCc2csc(C)n2)cc1. The van der Waals surface area contributed by atoms with Gasteiger partial charge in [0.1, 0.15) is 5.75 Å². The monoisotopic (exact) mass is 346 g/mol. The highest BCUT2D eigenvalue weighted by Gasteiger charge is 2.07. The lowest BCUT2D eigenvalue weighted by molar-refractivity contribution is 0.340. The van der Waals surface area contributed by atoms with Crippen LogP contribution in [0.15, 0.2) is 34.6 Å². The molecule has 24 heavy (non-hydrogen) atoms. The van der Waals surface area contributed by atoms with Crippen LogP contribution in [0.1, 0.15) is 23.2 Å². The van der Waals surface area contributed by atoms with Gasteiger partial charge in [-0.2, -0.15) is 0 Å². The molecule has 2 rings (SSSR count). The van der Waals surface area contributed by atoms with Crippen LogP contribution in [-0.2, 0) is 13.0 Å². The molecule has 1 N–H and O–H groups in total. The van der Waals surface area contributed by atoms with Crippen LogP contribution in [0.4, 0.5) is 0 Å². The van der Waals surface area contributed by atoms with Crippen molar-refractivity contribution in [1.82, 2.24) is 15.2 Å². The number of thiazole rings is 1. The minimum Gasteiger partial charge on any atom is -0.494 e. The Hall–Kier alpha value is -2.08. The van der Waals surface area contributed by atoms with Gasteiger partial charge in [0.05, 0.1) is 17.3 Å². The van der Waals surface area contributed by atoms with Crippen LogP contribution in [0.3, 0.4) is 0 Å². The molecule has 2 aromatic rings. The minimum atomic E-state index is 0.689. The summed E-state index contributed by atoms with van der Waals surface area (Å²) in [5.41, 5.74) is 2.36.